The van der Waals surface area contributed by atoms with Crippen molar-refractivity contribution in [3.05, 3.63) is 33.8 Å². The average molecular weight is 340 g/mol. The molecule has 0 heterocycles. The first kappa shape index (κ1) is 12.2. The summed E-state index contributed by atoms with van der Waals surface area (Å²) in [7, 11) is 0. The smallest absolute Gasteiger partial charge is 0.181 e. The lowest BCUT2D eigenvalue weighted by Crippen LogP contribution is -2.11. The fraction of sp³-hybridized carbons (Fsp3) is 0.300. The van der Waals surface area contributed by atoms with Crippen LogP contribution in [0.1, 0.15) is 22.8 Å². The minimum atomic E-state index is -0.489. The second-order valence-electron chi connectivity index (χ2n) is 2.89. The molecule has 0 N–H and O–H groups in total. The number of rotatable bonds is 3. The number of hydrogen-bond acceptors (Lipinski definition) is 1. The lowest BCUT2D eigenvalue weighted by molar-refractivity contribution is 0.0991. The monoisotopic (exact) mass is 338 g/mol. The number of halogens is 3. The Kier molecular flexibility index (Phi) is 4.61. The van der Waals surface area contributed by atoms with Crippen molar-refractivity contribution in [1.82, 2.24) is 0 Å². The van der Waals surface area contributed by atoms with Gasteiger partial charge in [-0.3, -0.25) is 4.79 Å². The second kappa shape index (κ2) is 5.29. The van der Waals surface area contributed by atoms with Crippen molar-refractivity contribution in [3.8, 4) is 0 Å². The number of alkyl halides is 2. The Morgan fingerprint density at radius 1 is 1.57 bits per heavy atom. The Balaban J connectivity index is 3.16. The van der Waals surface area contributed by atoms with E-state index in [4.69, 9.17) is 11.6 Å². The van der Waals surface area contributed by atoms with Gasteiger partial charge in [0.1, 0.15) is 0 Å². The van der Waals surface area contributed by atoms with Gasteiger partial charge in [-0.2, -0.15) is 0 Å². The van der Waals surface area contributed by atoms with Crippen LogP contribution in [0.5, 0.6) is 0 Å². The predicted octanol–water partition coefficient (Wildman–Crippen LogP) is 4.15. The molecule has 0 saturated heterocycles. The van der Waals surface area contributed by atoms with Gasteiger partial charge in [0, 0.05) is 15.4 Å². The summed E-state index contributed by atoms with van der Waals surface area (Å²) < 4.78 is 0.828. The summed E-state index contributed by atoms with van der Waals surface area (Å²) in [4.78, 5) is 11.7. The van der Waals surface area contributed by atoms with E-state index in [2.05, 4.69) is 31.9 Å². The average Bonchev–Trinajstić information content (AvgIpc) is 2.17. The minimum Gasteiger partial charge on any atom is -0.292 e. The lowest BCUT2D eigenvalue weighted by atomic mass is 10.1. The van der Waals surface area contributed by atoms with Crippen molar-refractivity contribution in [2.45, 2.75) is 17.6 Å². The van der Waals surface area contributed by atoms with E-state index >= 15 is 0 Å². The van der Waals surface area contributed by atoms with Crippen molar-refractivity contribution < 1.29 is 4.79 Å². The first-order valence-corrected chi connectivity index (χ1v) is 6.44. The second-order valence-corrected chi connectivity index (χ2v) is 4.90. The standard InChI is InChI=1S/C10H9Br2ClO/c1-6(13)10(14)8-4-2-3-7(5-11)9(8)12/h2-4,6H,5H2,1H3. The number of Topliss-reactive ketones (excluding diaryl/α,β-unsaturated/α-hetero) is 1. The fourth-order valence-electron chi connectivity index (χ4n) is 1.09. The molecule has 0 bridgehead atoms. The minimum absolute atomic E-state index is 0.0543. The maximum Gasteiger partial charge on any atom is 0.181 e. The third kappa shape index (κ3) is 2.59. The van der Waals surface area contributed by atoms with E-state index in [-0.39, 0.29) is 5.78 Å². The highest BCUT2D eigenvalue weighted by atomic mass is 79.9. The molecule has 1 unspecified atom stereocenters. The zero-order valence-corrected chi connectivity index (χ0v) is 11.5. The summed E-state index contributed by atoms with van der Waals surface area (Å²) in [5, 5.41) is 0.225. The van der Waals surface area contributed by atoms with Crippen LogP contribution in [0.15, 0.2) is 22.7 Å². The van der Waals surface area contributed by atoms with E-state index < -0.39 is 5.38 Å². The van der Waals surface area contributed by atoms with Crippen molar-refractivity contribution >= 4 is 49.2 Å². The van der Waals surface area contributed by atoms with Crippen molar-refractivity contribution in [3.63, 3.8) is 0 Å². The van der Waals surface area contributed by atoms with E-state index in [1.54, 1.807) is 13.0 Å². The normalized spacial score (nSPS) is 12.6. The molecule has 0 aliphatic carbocycles. The SMILES string of the molecule is CC(Cl)C(=O)c1cccc(CBr)c1Br. The zero-order valence-electron chi connectivity index (χ0n) is 7.56. The lowest BCUT2D eigenvalue weighted by Gasteiger charge is -2.08. The molecule has 4 heteroatoms. The summed E-state index contributed by atoms with van der Waals surface area (Å²) in [6.07, 6.45) is 0. The first-order valence-electron chi connectivity index (χ1n) is 4.09. The molecule has 1 nitrogen and oxygen atoms in total. The van der Waals surface area contributed by atoms with E-state index in [1.165, 1.54) is 0 Å². The van der Waals surface area contributed by atoms with Crippen LogP contribution < -0.4 is 0 Å². The van der Waals surface area contributed by atoms with Crippen LogP contribution in [-0.2, 0) is 5.33 Å². The van der Waals surface area contributed by atoms with Gasteiger partial charge < -0.3 is 0 Å². The van der Waals surface area contributed by atoms with Crippen molar-refractivity contribution in [2.24, 2.45) is 0 Å². The van der Waals surface area contributed by atoms with Crippen LogP contribution in [0, 0.1) is 0 Å². The fourth-order valence-corrected chi connectivity index (χ4v) is 2.65. The molecule has 14 heavy (non-hydrogen) atoms. The van der Waals surface area contributed by atoms with Crippen LogP contribution in [0.25, 0.3) is 0 Å². The maximum atomic E-state index is 11.7. The predicted molar refractivity (Wildman–Crippen MR) is 66.4 cm³/mol. The van der Waals surface area contributed by atoms with Crippen molar-refractivity contribution in [1.29, 1.82) is 0 Å². The highest BCUT2D eigenvalue weighted by Gasteiger charge is 2.16. The quantitative estimate of drug-likeness (QED) is 0.597. The number of carbonyl (C=O) groups is 1. The first-order chi connectivity index (χ1) is 6.57. The van der Waals surface area contributed by atoms with E-state index in [9.17, 15) is 4.79 Å². The highest BCUT2D eigenvalue weighted by molar-refractivity contribution is 9.10. The summed E-state index contributed by atoms with van der Waals surface area (Å²) in [5.41, 5.74) is 1.69. The topological polar surface area (TPSA) is 17.1 Å². The molecular formula is C10H9Br2ClO. The molecular weight excluding hydrogens is 331 g/mol. The molecule has 0 radical (unpaired) electrons. The Bertz CT molecular complexity index is 350. The maximum absolute atomic E-state index is 11.7. The number of benzene rings is 1. The number of ketones is 1. The van der Waals surface area contributed by atoms with Gasteiger partial charge in [-0.25, -0.2) is 0 Å². The Morgan fingerprint density at radius 2 is 2.21 bits per heavy atom. The number of carbonyl (C=O) groups excluding carboxylic acids is 1. The molecule has 0 aliphatic heterocycles. The van der Waals surface area contributed by atoms with Gasteiger partial charge >= 0.3 is 0 Å². The summed E-state index contributed by atoms with van der Waals surface area (Å²) in [5.74, 6) is -0.0543. The zero-order chi connectivity index (χ0) is 10.7. The molecule has 0 aromatic heterocycles. The molecule has 1 aromatic rings. The Labute approximate surface area is 105 Å². The van der Waals surface area contributed by atoms with E-state index in [0.29, 0.717) is 10.9 Å². The third-order valence-corrected chi connectivity index (χ3v) is 3.59. The molecule has 0 aliphatic rings. The molecule has 1 rings (SSSR count). The van der Waals surface area contributed by atoms with Crippen LogP contribution in [-0.4, -0.2) is 11.2 Å². The summed E-state index contributed by atoms with van der Waals surface area (Å²) in [6, 6.07) is 5.58. The van der Waals surface area contributed by atoms with Crippen LogP contribution in [0.3, 0.4) is 0 Å². The number of hydrogen-bond donors (Lipinski definition) is 0. The molecule has 0 spiro atoms. The van der Waals surface area contributed by atoms with Gasteiger partial charge in [0.05, 0.1) is 5.38 Å². The molecule has 0 amide bonds. The third-order valence-electron chi connectivity index (χ3n) is 1.85. The van der Waals surface area contributed by atoms with Gasteiger partial charge in [0.2, 0.25) is 0 Å². The summed E-state index contributed by atoms with van der Waals surface area (Å²) in [6.45, 7) is 1.68. The van der Waals surface area contributed by atoms with Gasteiger partial charge in [0.15, 0.2) is 5.78 Å². The van der Waals surface area contributed by atoms with Crippen LogP contribution >= 0.6 is 43.5 Å². The molecule has 0 saturated carbocycles. The summed E-state index contributed by atoms with van der Waals surface area (Å²) >= 11 is 12.5. The Morgan fingerprint density at radius 3 is 2.71 bits per heavy atom. The van der Waals surface area contributed by atoms with Crippen LogP contribution in [0.4, 0.5) is 0 Å². The molecule has 1 atom stereocenters. The van der Waals surface area contributed by atoms with E-state index in [0.717, 1.165) is 10.0 Å². The largest absolute Gasteiger partial charge is 0.292 e. The van der Waals surface area contributed by atoms with Gasteiger partial charge in [-0.1, -0.05) is 34.1 Å². The van der Waals surface area contributed by atoms with Crippen molar-refractivity contribution in [2.75, 3.05) is 0 Å². The van der Waals surface area contributed by atoms with Crippen LogP contribution in [0.2, 0.25) is 0 Å². The highest BCUT2D eigenvalue weighted by Crippen LogP contribution is 2.25. The van der Waals surface area contributed by atoms with Gasteiger partial charge in [-0.05, 0) is 28.4 Å². The van der Waals surface area contributed by atoms with Gasteiger partial charge in [0.25, 0.3) is 0 Å². The molecule has 76 valence electrons. The Hall–Kier alpha value is 0.140. The van der Waals surface area contributed by atoms with Gasteiger partial charge in [-0.15, -0.1) is 11.6 Å². The molecule has 1 aromatic carbocycles. The molecule has 0 fully saturated rings. The van der Waals surface area contributed by atoms with E-state index in [1.807, 2.05) is 12.1 Å².